The van der Waals surface area contributed by atoms with Crippen molar-refractivity contribution in [3.8, 4) is 0 Å². The third-order valence-corrected chi connectivity index (χ3v) is 3.89. The first-order valence-electron chi connectivity index (χ1n) is 7.27. The molecule has 0 radical (unpaired) electrons. The largest absolute Gasteiger partial charge is 0.392 e. The van der Waals surface area contributed by atoms with Crippen LogP contribution in [-0.4, -0.2) is 24.3 Å². The van der Waals surface area contributed by atoms with Crippen molar-refractivity contribution in [1.82, 2.24) is 5.32 Å². The number of hydrogen-bond acceptors (Lipinski definition) is 2. The Morgan fingerprint density at radius 2 is 2.22 bits per heavy atom. The Labute approximate surface area is 110 Å². The summed E-state index contributed by atoms with van der Waals surface area (Å²) in [6.07, 6.45) is 5.55. The SMILES string of the molecule is CCCC(O)CNCC1CCCc2ccccc21. The topological polar surface area (TPSA) is 32.3 Å². The van der Waals surface area contributed by atoms with Crippen LogP contribution in [0, 0.1) is 0 Å². The maximum atomic E-state index is 9.71. The van der Waals surface area contributed by atoms with Crippen LogP contribution in [0.5, 0.6) is 0 Å². The van der Waals surface area contributed by atoms with Gasteiger partial charge in [-0.3, -0.25) is 0 Å². The molecule has 2 unspecified atom stereocenters. The van der Waals surface area contributed by atoms with Crippen LogP contribution < -0.4 is 5.32 Å². The van der Waals surface area contributed by atoms with E-state index in [1.54, 1.807) is 0 Å². The molecule has 1 aliphatic carbocycles. The van der Waals surface area contributed by atoms with Crippen LogP contribution >= 0.6 is 0 Å². The van der Waals surface area contributed by atoms with E-state index in [0.29, 0.717) is 5.92 Å². The van der Waals surface area contributed by atoms with Crippen molar-refractivity contribution in [1.29, 1.82) is 0 Å². The van der Waals surface area contributed by atoms with E-state index in [4.69, 9.17) is 0 Å². The predicted molar refractivity (Wildman–Crippen MR) is 75.9 cm³/mol. The molecule has 1 aromatic rings. The summed E-state index contributed by atoms with van der Waals surface area (Å²) in [6.45, 7) is 3.84. The van der Waals surface area contributed by atoms with Gasteiger partial charge in [0.2, 0.25) is 0 Å². The normalized spacial score (nSPS) is 20.4. The van der Waals surface area contributed by atoms with Gasteiger partial charge in [-0.2, -0.15) is 0 Å². The monoisotopic (exact) mass is 247 g/mol. The van der Waals surface area contributed by atoms with Gasteiger partial charge < -0.3 is 10.4 Å². The van der Waals surface area contributed by atoms with Crippen molar-refractivity contribution in [2.24, 2.45) is 0 Å². The second kappa shape index (κ2) is 6.91. The maximum absolute atomic E-state index is 9.71. The molecule has 0 aromatic heterocycles. The first-order chi connectivity index (χ1) is 8.81. The van der Waals surface area contributed by atoms with Crippen molar-refractivity contribution in [2.75, 3.05) is 13.1 Å². The van der Waals surface area contributed by atoms with Gasteiger partial charge in [-0.1, -0.05) is 37.6 Å². The van der Waals surface area contributed by atoms with Crippen molar-refractivity contribution < 1.29 is 5.11 Å². The molecule has 0 bridgehead atoms. The molecule has 0 heterocycles. The van der Waals surface area contributed by atoms with Crippen LogP contribution in [0.15, 0.2) is 24.3 Å². The van der Waals surface area contributed by atoms with Gasteiger partial charge in [0.1, 0.15) is 0 Å². The number of aryl methyl sites for hydroxylation is 1. The van der Waals surface area contributed by atoms with E-state index < -0.39 is 0 Å². The summed E-state index contributed by atoms with van der Waals surface area (Å²) < 4.78 is 0. The Morgan fingerprint density at radius 3 is 3.06 bits per heavy atom. The zero-order valence-electron chi connectivity index (χ0n) is 11.4. The standard InChI is InChI=1S/C16H25NO/c1-2-6-15(18)12-17-11-14-9-5-8-13-7-3-4-10-16(13)14/h3-4,7,10,14-15,17-18H,2,5-6,8-9,11-12H2,1H3. The molecule has 0 saturated heterocycles. The van der Waals surface area contributed by atoms with Crippen molar-refractivity contribution in [2.45, 2.75) is 51.0 Å². The molecule has 0 spiro atoms. The van der Waals surface area contributed by atoms with Crippen molar-refractivity contribution >= 4 is 0 Å². The highest BCUT2D eigenvalue weighted by Gasteiger charge is 2.19. The lowest BCUT2D eigenvalue weighted by atomic mass is 9.83. The van der Waals surface area contributed by atoms with E-state index in [1.165, 1.54) is 30.4 Å². The van der Waals surface area contributed by atoms with E-state index in [9.17, 15) is 5.11 Å². The quantitative estimate of drug-likeness (QED) is 0.810. The van der Waals surface area contributed by atoms with E-state index in [2.05, 4.69) is 36.5 Å². The van der Waals surface area contributed by atoms with Crippen LogP contribution in [0.3, 0.4) is 0 Å². The Morgan fingerprint density at radius 1 is 1.39 bits per heavy atom. The Balaban J connectivity index is 1.84. The van der Waals surface area contributed by atoms with Crippen molar-refractivity contribution in [3.05, 3.63) is 35.4 Å². The van der Waals surface area contributed by atoms with Gasteiger partial charge in [-0.15, -0.1) is 0 Å². The highest BCUT2D eigenvalue weighted by Crippen LogP contribution is 2.30. The molecule has 2 rings (SSSR count). The average molecular weight is 247 g/mol. The van der Waals surface area contributed by atoms with Gasteiger partial charge >= 0.3 is 0 Å². The summed E-state index contributed by atoms with van der Waals surface area (Å²) in [5, 5.41) is 13.1. The Hall–Kier alpha value is -0.860. The lowest BCUT2D eigenvalue weighted by Crippen LogP contribution is -2.31. The van der Waals surface area contributed by atoms with Crippen LogP contribution in [0.1, 0.15) is 49.7 Å². The maximum Gasteiger partial charge on any atom is 0.0664 e. The Kier molecular flexibility index (Phi) is 5.21. The summed E-state index contributed by atoms with van der Waals surface area (Å²) in [5.41, 5.74) is 3.03. The summed E-state index contributed by atoms with van der Waals surface area (Å²) in [6, 6.07) is 8.81. The molecule has 0 amide bonds. The summed E-state index contributed by atoms with van der Waals surface area (Å²) in [5.74, 6) is 0.628. The zero-order chi connectivity index (χ0) is 12.8. The fraction of sp³-hybridized carbons (Fsp3) is 0.625. The van der Waals surface area contributed by atoms with E-state index in [-0.39, 0.29) is 6.10 Å². The third-order valence-electron chi connectivity index (χ3n) is 3.89. The van der Waals surface area contributed by atoms with Crippen LogP contribution in [-0.2, 0) is 6.42 Å². The summed E-state index contributed by atoms with van der Waals surface area (Å²) in [4.78, 5) is 0. The minimum atomic E-state index is -0.186. The van der Waals surface area contributed by atoms with Crippen molar-refractivity contribution in [3.63, 3.8) is 0 Å². The first kappa shape index (κ1) is 13.6. The molecule has 0 fully saturated rings. The first-order valence-corrected chi connectivity index (χ1v) is 7.27. The molecular weight excluding hydrogens is 222 g/mol. The highest BCUT2D eigenvalue weighted by molar-refractivity contribution is 5.32. The van der Waals surface area contributed by atoms with Crippen LogP contribution in [0.25, 0.3) is 0 Å². The van der Waals surface area contributed by atoms with E-state index in [0.717, 1.165) is 25.9 Å². The second-order valence-electron chi connectivity index (χ2n) is 5.39. The van der Waals surface area contributed by atoms with E-state index in [1.807, 2.05) is 0 Å². The lowest BCUT2D eigenvalue weighted by molar-refractivity contribution is 0.160. The van der Waals surface area contributed by atoms with Gasteiger partial charge in [-0.05, 0) is 42.7 Å². The number of fused-ring (bicyclic) bond motifs is 1. The fourth-order valence-corrected chi connectivity index (χ4v) is 2.93. The minimum Gasteiger partial charge on any atom is -0.392 e. The number of aliphatic hydroxyl groups is 1. The Bertz CT molecular complexity index is 364. The van der Waals surface area contributed by atoms with Crippen LogP contribution in [0.2, 0.25) is 0 Å². The number of hydrogen-bond donors (Lipinski definition) is 2. The number of rotatable bonds is 6. The second-order valence-corrected chi connectivity index (χ2v) is 5.39. The minimum absolute atomic E-state index is 0.186. The van der Waals surface area contributed by atoms with Gasteiger partial charge in [0.15, 0.2) is 0 Å². The molecule has 2 nitrogen and oxygen atoms in total. The van der Waals surface area contributed by atoms with Gasteiger partial charge in [-0.25, -0.2) is 0 Å². The lowest BCUT2D eigenvalue weighted by Gasteiger charge is -2.26. The van der Waals surface area contributed by atoms with Crippen LogP contribution in [0.4, 0.5) is 0 Å². The number of aliphatic hydroxyl groups excluding tert-OH is 1. The molecule has 0 aliphatic heterocycles. The number of benzene rings is 1. The molecular formula is C16H25NO. The summed E-state index contributed by atoms with van der Waals surface area (Å²) >= 11 is 0. The highest BCUT2D eigenvalue weighted by atomic mass is 16.3. The third kappa shape index (κ3) is 3.56. The van der Waals surface area contributed by atoms with Gasteiger partial charge in [0.05, 0.1) is 6.10 Å². The molecule has 2 atom stereocenters. The predicted octanol–water partition coefficient (Wildman–Crippen LogP) is 2.86. The number of nitrogens with one attached hydrogen (secondary N) is 1. The molecule has 2 N–H and O–H groups in total. The van der Waals surface area contributed by atoms with E-state index >= 15 is 0 Å². The molecule has 0 saturated carbocycles. The molecule has 1 aromatic carbocycles. The van der Waals surface area contributed by atoms with Gasteiger partial charge in [0.25, 0.3) is 0 Å². The summed E-state index contributed by atoms with van der Waals surface area (Å²) in [7, 11) is 0. The molecule has 100 valence electrons. The van der Waals surface area contributed by atoms with Gasteiger partial charge in [0, 0.05) is 13.1 Å². The zero-order valence-corrected chi connectivity index (χ0v) is 11.4. The molecule has 1 aliphatic rings. The smallest absolute Gasteiger partial charge is 0.0664 e. The fourth-order valence-electron chi connectivity index (χ4n) is 2.93. The molecule has 18 heavy (non-hydrogen) atoms. The molecule has 2 heteroatoms. The average Bonchev–Trinajstić information content (AvgIpc) is 2.39.